The predicted molar refractivity (Wildman–Crippen MR) is 107 cm³/mol. The summed E-state index contributed by atoms with van der Waals surface area (Å²) < 4.78 is 18.7. The molecular weight excluding hydrogens is 438 g/mol. The Morgan fingerprint density at radius 1 is 1.29 bits per heavy atom. The number of rotatable bonds is 5. The average Bonchev–Trinajstić information content (AvgIpc) is 2.88. The van der Waals surface area contributed by atoms with Crippen LogP contribution >= 0.6 is 34.4 Å². The minimum absolute atomic E-state index is 0.0633. The lowest BCUT2D eigenvalue weighted by Gasteiger charge is -2.16. The summed E-state index contributed by atoms with van der Waals surface area (Å²) in [6.07, 6.45) is 1.88. The van der Waals surface area contributed by atoms with E-state index in [1.54, 1.807) is 11.8 Å². The number of thioether (sulfide) groups is 1. The van der Waals surface area contributed by atoms with Gasteiger partial charge in [0.25, 0.3) is 0 Å². The van der Waals surface area contributed by atoms with Crippen LogP contribution in [-0.2, 0) is 0 Å². The number of nitrogens with two attached hydrogens (primary N) is 1. The van der Waals surface area contributed by atoms with Gasteiger partial charge in [0.15, 0.2) is 0 Å². The number of benzene rings is 2. The zero-order chi connectivity index (χ0) is 17.1. The van der Waals surface area contributed by atoms with E-state index in [-0.39, 0.29) is 6.61 Å². The molecule has 0 saturated carbocycles. The molecule has 2 N–H and O–H groups in total. The fourth-order valence-corrected chi connectivity index (χ4v) is 3.64. The highest BCUT2D eigenvalue weighted by Crippen LogP contribution is 2.47. The molecule has 2 aromatic rings. The molecule has 2 aromatic carbocycles. The van der Waals surface area contributed by atoms with Gasteiger partial charge >= 0.3 is 0 Å². The number of ether oxygens (including phenoxy) is 1. The van der Waals surface area contributed by atoms with E-state index in [0.717, 1.165) is 24.7 Å². The normalized spacial score (nSPS) is 14.0. The van der Waals surface area contributed by atoms with E-state index in [1.807, 2.05) is 53.6 Å². The lowest BCUT2D eigenvalue weighted by Crippen LogP contribution is -2.11. The largest absolute Gasteiger partial charge is 0.491 e. The molecule has 24 heavy (non-hydrogen) atoms. The van der Waals surface area contributed by atoms with Gasteiger partial charge in [0.2, 0.25) is 0 Å². The van der Waals surface area contributed by atoms with Crippen LogP contribution in [0, 0.1) is 3.57 Å². The lowest BCUT2D eigenvalue weighted by atomic mass is 10.2. The van der Waals surface area contributed by atoms with Crippen LogP contribution in [0.1, 0.15) is 5.56 Å². The van der Waals surface area contributed by atoms with Crippen LogP contribution in [0.3, 0.4) is 0 Å². The molecule has 1 aliphatic heterocycles. The van der Waals surface area contributed by atoms with E-state index in [1.165, 1.54) is 0 Å². The molecule has 0 radical (unpaired) electrons. The van der Waals surface area contributed by atoms with Crippen LogP contribution < -0.4 is 15.4 Å². The third-order valence-corrected chi connectivity index (χ3v) is 5.18. The minimum Gasteiger partial charge on any atom is -0.491 e. The molecule has 3 nitrogen and oxygen atoms in total. The first-order valence-electron chi connectivity index (χ1n) is 7.30. The highest BCUT2D eigenvalue weighted by molar-refractivity contribution is 14.1. The fraction of sp³-hybridized carbons (Fsp3) is 0.111. The van der Waals surface area contributed by atoms with E-state index in [0.29, 0.717) is 11.4 Å². The Balaban J connectivity index is 1.86. The SMILES string of the molecule is C=C1Sc2cc(OCCF)ccc2N1/C=C(\N)c1ccc(I)cc1. The summed E-state index contributed by atoms with van der Waals surface area (Å²) in [5, 5.41) is 0.862. The third-order valence-electron chi connectivity index (χ3n) is 3.48. The number of anilines is 1. The van der Waals surface area contributed by atoms with Gasteiger partial charge in [0.1, 0.15) is 19.0 Å². The average molecular weight is 454 g/mol. The van der Waals surface area contributed by atoms with Crippen molar-refractivity contribution in [1.82, 2.24) is 0 Å². The lowest BCUT2D eigenvalue weighted by molar-refractivity contribution is 0.273. The molecule has 0 aliphatic carbocycles. The summed E-state index contributed by atoms with van der Waals surface area (Å²) in [4.78, 5) is 2.98. The Morgan fingerprint density at radius 2 is 2.04 bits per heavy atom. The van der Waals surface area contributed by atoms with Crippen molar-refractivity contribution in [2.45, 2.75) is 4.90 Å². The van der Waals surface area contributed by atoms with Gasteiger partial charge in [-0.3, -0.25) is 0 Å². The molecule has 0 amide bonds. The monoisotopic (exact) mass is 454 g/mol. The minimum atomic E-state index is -0.502. The summed E-state index contributed by atoms with van der Waals surface area (Å²) in [5.41, 5.74) is 8.86. The number of alkyl halides is 1. The Morgan fingerprint density at radius 3 is 2.75 bits per heavy atom. The van der Waals surface area contributed by atoms with Gasteiger partial charge in [-0.25, -0.2) is 4.39 Å². The first kappa shape index (κ1) is 17.2. The van der Waals surface area contributed by atoms with E-state index in [4.69, 9.17) is 10.5 Å². The van der Waals surface area contributed by atoms with Crippen molar-refractivity contribution in [2.75, 3.05) is 18.2 Å². The number of hydrogen-bond donors (Lipinski definition) is 1. The van der Waals surface area contributed by atoms with Crippen LogP contribution in [0.2, 0.25) is 0 Å². The van der Waals surface area contributed by atoms with E-state index in [9.17, 15) is 4.39 Å². The maximum absolute atomic E-state index is 12.2. The molecule has 6 heteroatoms. The van der Waals surface area contributed by atoms with Crippen molar-refractivity contribution in [3.8, 4) is 5.75 Å². The maximum atomic E-state index is 12.2. The second-order valence-corrected chi connectivity index (χ2v) is 7.48. The highest BCUT2D eigenvalue weighted by atomic mass is 127. The van der Waals surface area contributed by atoms with Crippen LogP contribution in [0.25, 0.3) is 5.70 Å². The zero-order valence-electron chi connectivity index (χ0n) is 12.8. The molecule has 0 aromatic heterocycles. The number of hydrogen-bond acceptors (Lipinski definition) is 4. The Bertz CT molecular complexity index is 792. The van der Waals surface area contributed by atoms with E-state index >= 15 is 0 Å². The van der Waals surface area contributed by atoms with Gasteiger partial charge in [-0.15, -0.1) is 0 Å². The molecule has 1 heterocycles. The van der Waals surface area contributed by atoms with E-state index in [2.05, 4.69) is 29.2 Å². The topological polar surface area (TPSA) is 38.5 Å². The summed E-state index contributed by atoms with van der Waals surface area (Å²) in [5.74, 6) is 0.656. The quantitative estimate of drug-likeness (QED) is 0.647. The number of halogens is 2. The first-order valence-corrected chi connectivity index (χ1v) is 9.20. The van der Waals surface area contributed by atoms with Gasteiger partial charge in [0, 0.05) is 14.7 Å². The molecule has 0 spiro atoms. The Labute approximate surface area is 158 Å². The predicted octanol–water partition coefficient (Wildman–Crippen LogP) is 4.98. The van der Waals surface area contributed by atoms with Crippen LogP contribution in [-0.4, -0.2) is 13.3 Å². The Hall–Kier alpha value is -1.67. The molecular formula is C18H16FIN2OS. The second kappa shape index (κ2) is 7.48. The fourth-order valence-electron chi connectivity index (χ4n) is 2.33. The third kappa shape index (κ3) is 3.70. The summed E-state index contributed by atoms with van der Waals surface area (Å²) >= 11 is 3.81. The van der Waals surface area contributed by atoms with Gasteiger partial charge in [-0.1, -0.05) is 30.5 Å². The summed E-state index contributed by atoms with van der Waals surface area (Å²) in [7, 11) is 0. The van der Waals surface area contributed by atoms with Crippen molar-refractivity contribution in [2.24, 2.45) is 5.73 Å². The first-order chi connectivity index (χ1) is 11.6. The van der Waals surface area contributed by atoms with Crippen molar-refractivity contribution in [1.29, 1.82) is 0 Å². The van der Waals surface area contributed by atoms with Crippen LogP contribution in [0.5, 0.6) is 5.75 Å². The van der Waals surface area contributed by atoms with E-state index < -0.39 is 6.67 Å². The van der Waals surface area contributed by atoms with Crippen LogP contribution in [0.15, 0.2) is 65.2 Å². The van der Waals surface area contributed by atoms with Crippen molar-refractivity contribution < 1.29 is 9.13 Å². The standard InChI is InChI=1S/C18H16FIN2OS/c1-12-22(11-16(21)13-2-4-14(20)5-3-13)17-7-6-15(23-9-8-19)10-18(17)24-12/h2-7,10-11H,1,8-9,21H2/b16-11-. The second-order valence-electron chi connectivity index (χ2n) is 5.12. The smallest absolute Gasteiger partial charge is 0.123 e. The van der Waals surface area contributed by atoms with Gasteiger partial charge < -0.3 is 15.4 Å². The number of fused-ring (bicyclic) bond motifs is 1. The van der Waals surface area contributed by atoms with Gasteiger partial charge in [0.05, 0.1) is 16.4 Å². The van der Waals surface area contributed by atoms with Crippen molar-refractivity contribution in [3.63, 3.8) is 0 Å². The molecule has 124 valence electrons. The summed E-state index contributed by atoms with van der Waals surface area (Å²) in [6, 6.07) is 13.7. The molecule has 0 atom stereocenters. The molecule has 0 saturated heterocycles. The van der Waals surface area contributed by atoms with Crippen LogP contribution in [0.4, 0.5) is 10.1 Å². The van der Waals surface area contributed by atoms with Crippen molar-refractivity contribution >= 4 is 45.7 Å². The molecule has 0 fully saturated rings. The molecule has 0 unspecified atom stereocenters. The molecule has 0 bridgehead atoms. The molecule has 1 aliphatic rings. The number of nitrogens with zero attached hydrogens (tertiary/aromatic N) is 1. The van der Waals surface area contributed by atoms with Gasteiger partial charge in [-0.2, -0.15) is 0 Å². The molecule has 3 rings (SSSR count). The van der Waals surface area contributed by atoms with Crippen molar-refractivity contribution in [3.05, 3.63) is 69.4 Å². The summed E-state index contributed by atoms with van der Waals surface area (Å²) in [6.45, 7) is 3.65. The zero-order valence-corrected chi connectivity index (χ0v) is 15.8. The Kier molecular flexibility index (Phi) is 5.35. The highest BCUT2D eigenvalue weighted by Gasteiger charge is 2.23. The maximum Gasteiger partial charge on any atom is 0.123 e. The van der Waals surface area contributed by atoms with Gasteiger partial charge in [-0.05, 0) is 58.5 Å².